The Balaban J connectivity index is 1.95. The van der Waals surface area contributed by atoms with Gasteiger partial charge in [0.2, 0.25) is 15.9 Å². The lowest BCUT2D eigenvalue weighted by Gasteiger charge is -2.20. The van der Waals surface area contributed by atoms with Gasteiger partial charge >= 0.3 is 0 Å². The number of ether oxygens (including phenoxy) is 3. The molecule has 0 saturated heterocycles. The second kappa shape index (κ2) is 10.5. The van der Waals surface area contributed by atoms with Crippen LogP contribution in [0.2, 0.25) is 0 Å². The van der Waals surface area contributed by atoms with Gasteiger partial charge in [-0.1, -0.05) is 6.07 Å². The zero-order chi connectivity index (χ0) is 23.2. The minimum Gasteiger partial charge on any atom is -0.493 e. The summed E-state index contributed by atoms with van der Waals surface area (Å²) in [6.45, 7) is 5.75. The fourth-order valence-corrected chi connectivity index (χ4v) is 3.97. The third kappa shape index (κ3) is 6.35. The van der Waals surface area contributed by atoms with E-state index in [0.717, 1.165) is 15.6 Å². The summed E-state index contributed by atoms with van der Waals surface area (Å²) in [6, 6.07) is 9.76. The molecule has 0 spiro atoms. The predicted molar refractivity (Wildman–Crippen MR) is 118 cm³/mol. The molecule has 0 unspecified atom stereocenters. The maximum Gasteiger partial charge on any atom is 0.243 e. The normalized spacial score (nSPS) is 12.4. The van der Waals surface area contributed by atoms with E-state index in [1.807, 2.05) is 32.0 Å². The Kier molecular flexibility index (Phi) is 8.29. The van der Waals surface area contributed by atoms with Crippen LogP contribution in [-0.2, 0) is 14.8 Å². The maximum absolute atomic E-state index is 12.8. The number of sulfonamides is 1. The number of hydrogen-bond donors (Lipinski definition) is 1. The van der Waals surface area contributed by atoms with Crippen LogP contribution < -0.4 is 19.5 Å². The van der Waals surface area contributed by atoms with E-state index in [4.69, 9.17) is 14.2 Å². The molecule has 0 aromatic heterocycles. The molecule has 0 aliphatic rings. The van der Waals surface area contributed by atoms with Crippen LogP contribution in [0.15, 0.2) is 41.3 Å². The molecule has 1 atom stereocenters. The number of likely N-dealkylation sites (N-methyl/N-ethyl adjacent to an activating group) is 1. The maximum atomic E-state index is 12.8. The first-order valence-corrected chi connectivity index (χ1v) is 11.2. The number of aryl methyl sites for hydroxylation is 2. The van der Waals surface area contributed by atoms with Gasteiger partial charge in [0.25, 0.3) is 0 Å². The van der Waals surface area contributed by atoms with Crippen LogP contribution in [0.5, 0.6) is 17.2 Å². The molecule has 0 aliphatic heterocycles. The molecule has 0 fully saturated rings. The molecular formula is C22H30N2O6S. The van der Waals surface area contributed by atoms with E-state index < -0.39 is 15.9 Å². The molecule has 0 aliphatic carbocycles. The first kappa shape index (κ1) is 24.5. The average Bonchev–Trinajstić information content (AvgIpc) is 2.73. The number of carbonyl (C=O) groups excluding carboxylic acids is 1. The summed E-state index contributed by atoms with van der Waals surface area (Å²) in [4.78, 5) is 12.4. The fraction of sp³-hybridized carbons (Fsp3) is 0.409. The van der Waals surface area contributed by atoms with E-state index >= 15 is 0 Å². The summed E-state index contributed by atoms with van der Waals surface area (Å²) in [5.41, 5.74) is 2.30. The third-order valence-electron chi connectivity index (χ3n) is 4.82. The molecule has 9 heteroatoms. The monoisotopic (exact) mass is 450 g/mol. The number of carbonyl (C=O) groups is 1. The SMILES string of the molecule is COc1ccc(S(=O)(=O)N(C)CC(=O)N[C@H](C)COc2ccc(C)c(C)c2)cc1OC. The van der Waals surface area contributed by atoms with Crippen molar-refractivity contribution in [2.24, 2.45) is 0 Å². The van der Waals surface area contributed by atoms with Gasteiger partial charge < -0.3 is 19.5 Å². The van der Waals surface area contributed by atoms with Gasteiger partial charge in [0.1, 0.15) is 12.4 Å². The lowest BCUT2D eigenvalue weighted by molar-refractivity contribution is -0.121. The molecule has 1 N–H and O–H groups in total. The van der Waals surface area contributed by atoms with Gasteiger partial charge in [0, 0.05) is 13.1 Å². The Hall–Kier alpha value is -2.78. The largest absolute Gasteiger partial charge is 0.493 e. The highest BCUT2D eigenvalue weighted by Gasteiger charge is 2.25. The van der Waals surface area contributed by atoms with Crippen molar-refractivity contribution < 1.29 is 27.4 Å². The van der Waals surface area contributed by atoms with Crippen molar-refractivity contribution in [3.05, 3.63) is 47.5 Å². The Labute approximate surface area is 184 Å². The number of methoxy groups -OCH3 is 2. The second-order valence-corrected chi connectivity index (χ2v) is 9.35. The van der Waals surface area contributed by atoms with E-state index in [0.29, 0.717) is 11.5 Å². The standard InChI is InChI=1S/C22H30N2O6S/c1-15-7-8-18(11-16(15)2)30-14-17(3)23-22(25)13-24(4)31(26,27)19-9-10-20(28-5)21(12-19)29-6/h7-12,17H,13-14H2,1-6H3,(H,23,25)/t17-/m1/s1. The summed E-state index contributed by atoms with van der Waals surface area (Å²) >= 11 is 0. The Morgan fingerprint density at radius 2 is 1.71 bits per heavy atom. The smallest absolute Gasteiger partial charge is 0.243 e. The van der Waals surface area contributed by atoms with Crippen LogP contribution in [0.25, 0.3) is 0 Å². The quantitative estimate of drug-likeness (QED) is 0.598. The molecule has 2 aromatic carbocycles. The zero-order valence-electron chi connectivity index (χ0n) is 18.8. The predicted octanol–water partition coefficient (Wildman–Crippen LogP) is 2.52. The van der Waals surface area contributed by atoms with Crippen molar-refractivity contribution in [2.75, 3.05) is 34.4 Å². The van der Waals surface area contributed by atoms with Gasteiger partial charge in [0.05, 0.1) is 31.7 Å². The van der Waals surface area contributed by atoms with Crippen LogP contribution in [-0.4, -0.2) is 59.1 Å². The summed E-state index contributed by atoms with van der Waals surface area (Å²) in [5.74, 6) is 0.998. The van der Waals surface area contributed by atoms with E-state index in [2.05, 4.69) is 5.32 Å². The molecule has 2 rings (SSSR count). The molecule has 0 radical (unpaired) electrons. The number of hydrogen-bond acceptors (Lipinski definition) is 6. The van der Waals surface area contributed by atoms with Crippen molar-refractivity contribution in [3.8, 4) is 17.2 Å². The number of benzene rings is 2. The van der Waals surface area contributed by atoms with Crippen molar-refractivity contribution >= 4 is 15.9 Å². The summed E-state index contributed by atoms with van der Waals surface area (Å²) < 4.78 is 42.6. The molecule has 0 bridgehead atoms. The minimum atomic E-state index is -3.89. The van der Waals surface area contributed by atoms with Crippen molar-refractivity contribution in [3.63, 3.8) is 0 Å². The highest BCUT2D eigenvalue weighted by Crippen LogP contribution is 2.30. The van der Waals surface area contributed by atoms with E-state index in [1.54, 1.807) is 6.92 Å². The number of amides is 1. The van der Waals surface area contributed by atoms with Gasteiger partial charge in [-0.2, -0.15) is 4.31 Å². The van der Waals surface area contributed by atoms with Gasteiger partial charge in [-0.3, -0.25) is 4.79 Å². The summed E-state index contributed by atoms with van der Waals surface area (Å²) in [6.07, 6.45) is 0. The highest BCUT2D eigenvalue weighted by atomic mass is 32.2. The van der Waals surface area contributed by atoms with Crippen molar-refractivity contribution in [1.29, 1.82) is 0 Å². The molecule has 31 heavy (non-hydrogen) atoms. The molecule has 170 valence electrons. The van der Waals surface area contributed by atoms with E-state index in [1.165, 1.54) is 45.0 Å². The zero-order valence-corrected chi connectivity index (χ0v) is 19.6. The van der Waals surface area contributed by atoms with E-state index in [9.17, 15) is 13.2 Å². The first-order chi connectivity index (χ1) is 14.6. The summed E-state index contributed by atoms with van der Waals surface area (Å²) in [7, 11) is 0.352. The molecule has 8 nitrogen and oxygen atoms in total. The second-order valence-electron chi connectivity index (χ2n) is 7.30. The van der Waals surface area contributed by atoms with Crippen LogP contribution in [0.1, 0.15) is 18.1 Å². The third-order valence-corrected chi connectivity index (χ3v) is 6.61. The van der Waals surface area contributed by atoms with E-state index in [-0.39, 0.29) is 24.1 Å². The Morgan fingerprint density at radius 1 is 1.03 bits per heavy atom. The molecular weight excluding hydrogens is 420 g/mol. The van der Waals surface area contributed by atoms with Gasteiger partial charge in [-0.25, -0.2) is 8.42 Å². The molecule has 0 saturated carbocycles. The lowest BCUT2D eigenvalue weighted by atomic mass is 10.1. The Morgan fingerprint density at radius 3 is 2.32 bits per heavy atom. The number of nitrogens with one attached hydrogen (secondary N) is 1. The van der Waals surface area contributed by atoms with Crippen molar-refractivity contribution in [2.45, 2.75) is 31.7 Å². The molecule has 0 heterocycles. The lowest BCUT2D eigenvalue weighted by Crippen LogP contribution is -2.43. The van der Waals surface area contributed by atoms with Crippen LogP contribution in [0.3, 0.4) is 0 Å². The minimum absolute atomic E-state index is 0.00609. The topological polar surface area (TPSA) is 94.2 Å². The van der Waals surface area contributed by atoms with Crippen LogP contribution >= 0.6 is 0 Å². The van der Waals surface area contributed by atoms with Gasteiger partial charge in [0.15, 0.2) is 11.5 Å². The van der Waals surface area contributed by atoms with Crippen LogP contribution in [0, 0.1) is 13.8 Å². The fourth-order valence-electron chi connectivity index (χ4n) is 2.83. The average molecular weight is 451 g/mol. The first-order valence-electron chi connectivity index (χ1n) is 9.76. The number of nitrogens with zero attached hydrogens (tertiary/aromatic N) is 1. The number of rotatable bonds is 10. The van der Waals surface area contributed by atoms with Crippen LogP contribution in [0.4, 0.5) is 0 Å². The Bertz CT molecular complexity index is 1020. The van der Waals surface area contributed by atoms with Gasteiger partial charge in [-0.05, 0) is 56.2 Å². The van der Waals surface area contributed by atoms with Gasteiger partial charge in [-0.15, -0.1) is 0 Å². The summed E-state index contributed by atoms with van der Waals surface area (Å²) in [5, 5.41) is 2.76. The molecule has 1 amide bonds. The highest BCUT2D eigenvalue weighted by molar-refractivity contribution is 7.89. The van der Waals surface area contributed by atoms with Crippen molar-refractivity contribution in [1.82, 2.24) is 9.62 Å². The molecule has 2 aromatic rings.